The molecule has 0 radical (unpaired) electrons. The first-order valence-corrected chi connectivity index (χ1v) is 13.0. The number of nitriles is 1. The highest BCUT2D eigenvalue weighted by molar-refractivity contribution is 7.92. The number of ether oxygens (including phenoxy) is 1. The Morgan fingerprint density at radius 1 is 1.21 bits per heavy atom. The Hall–Kier alpha value is -3.31. The fraction of sp³-hybridized carbons (Fsp3) is 0.385. The highest BCUT2D eigenvalue weighted by Crippen LogP contribution is 2.42. The molecular weight excluding hydrogens is 448 g/mol. The van der Waals surface area contributed by atoms with E-state index in [0.29, 0.717) is 34.8 Å². The molecule has 8 heteroatoms. The summed E-state index contributed by atoms with van der Waals surface area (Å²) in [5.74, 6) is 0.192. The van der Waals surface area contributed by atoms with Gasteiger partial charge < -0.3 is 9.64 Å². The second-order valence-corrected chi connectivity index (χ2v) is 12.5. The van der Waals surface area contributed by atoms with Crippen LogP contribution in [-0.4, -0.2) is 39.3 Å². The number of fused-ring (bicyclic) bond motifs is 1. The second-order valence-electron chi connectivity index (χ2n) is 10.1. The summed E-state index contributed by atoms with van der Waals surface area (Å²) >= 11 is 0. The van der Waals surface area contributed by atoms with E-state index in [1.54, 1.807) is 23.6 Å². The molecule has 0 spiro atoms. The molecule has 0 aliphatic carbocycles. The first-order valence-electron chi connectivity index (χ1n) is 11.3. The summed E-state index contributed by atoms with van der Waals surface area (Å²) < 4.78 is 28.6. The SMILES string of the molecule is CCS(=N)(=O)c1ccc(N2CC(C)(C#N)C2)c(-c2cc3ccccc3n2C(=O)OC(C)(C)C)c1. The third-order valence-corrected chi connectivity index (χ3v) is 7.84. The fourth-order valence-corrected chi connectivity index (χ4v) is 5.19. The van der Waals surface area contributed by atoms with Crippen molar-refractivity contribution in [1.29, 1.82) is 10.0 Å². The number of benzene rings is 2. The summed E-state index contributed by atoms with van der Waals surface area (Å²) in [6, 6.07) is 17.2. The number of aromatic nitrogens is 1. The van der Waals surface area contributed by atoms with Gasteiger partial charge in [0.25, 0.3) is 0 Å². The van der Waals surface area contributed by atoms with E-state index in [-0.39, 0.29) is 5.75 Å². The first-order chi connectivity index (χ1) is 15.9. The molecule has 2 aromatic carbocycles. The number of carbonyl (C=O) groups is 1. The van der Waals surface area contributed by atoms with Crippen molar-refractivity contribution in [3.05, 3.63) is 48.5 Å². The highest BCUT2D eigenvalue weighted by atomic mass is 32.2. The van der Waals surface area contributed by atoms with Gasteiger partial charge >= 0.3 is 6.09 Å². The van der Waals surface area contributed by atoms with Crippen LogP contribution in [0.3, 0.4) is 0 Å². The van der Waals surface area contributed by atoms with Crippen molar-refractivity contribution in [2.75, 3.05) is 23.7 Å². The summed E-state index contributed by atoms with van der Waals surface area (Å²) in [7, 11) is -2.98. The molecule has 1 aliphatic heterocycles. The van der Waals surface area contributed by atoms with E-state index in [0.717, 1.165) is 11.1 Å². The third kappa shape index (κ3) is 4.28. The van der Waals surface area contributed by atoms with E-state index >= 15 is 0 Å². The van der Waals surface area contributed by atoms with E-state index in [9.17, 15) is 14.3 Å². The number of hydrogen-bond donors (Lipinski definition) is 1. The monoisotopic (exact) mass is 478 g/mol. The van der Waals surface area contributed by atoms with Crippen LogP contribution < -0.4 is 4.90 Å². The largest absolute Gasteiger partial charge is 0.443 e. The van der Waals surface area contributed by atoms with E-state index in [2.05, 4.69) is 11.0 Å². The van der Waals surface area contributed by atoms with E-state index in [1.165, 1.54) is 0 Å². The number of para-hydroxylation sites is 1. The molecule has 1 aromatic heterocycles. The lowest BCUT2D eigenvalue weighted by Gasteiger charge is -2.45. The Bertz CT molecular complexity index is 1420. The highest BCUT2D eigenvalue weighted by Gasteiger charge is 2.40. The van der Waals surface area contributed by atoms with Crippen LogP contribution in [0.15, 0.2) is 53.4 Å². The molecule has 1 fully saturated rings. The Balaban J connectivity index is 1.96. The van der Waals surface area contributed by atoms with Crippen LogP contribution >= 0.6 is 0 Å². The Kier molecular flexibility index (Phi) is 5.73. The van der Waals surface area contributed by atoms with Gasteiger partial charge in [0, 0.05) is 40.4 Å². The van der Waals surface area contributed by atoms with E-state index in [1.807, 2.05) is 64.1 Å². The van der Waals surface area contributed by atoms with Gasteiger partial charge in [-0.05, 0) is 58.0 Å². The molecule has 0 saturated carbocycles. The minimum Gasteiger partial charge on any atom is -0.443 e. The number of hydrogen-bond acceptors (Lipinski definition) is 6. The molecule has 2 heterocycles. The average molecular weight is 479 g/mol. The number of carbonyl (C=O) groups excluding carboxylic acids is 1. The van der Waals surface area contributed by atoms with Crippen molar-refractivity contribution < 1.29 is 13.7 Å². The predicted octanol–water partition coefficient (Wildman–Crippen LogP) is 5.87. The van der Waals surface area contributed by atoms with Gasteiger partial charge in [0.15, 0.2) is 0 Å². The predicted molar refractivity (Wildman–Crippen MR) is 135 cm³/mol. The van der Waals surface area contributed by atoms with Crippen molar-refractivity contribution in [1.82, 2.24) is 4.57 Å². The Morgan fingerprint density at radius 3 is 2.50 bits per heavy atom. The molecule has 1 atom stereocenters. The molecule has 7 nitrogen and oxygen atoms in total. The lowest BCUT2D eigenvalue weighted by atomic mass is 9.83. The summed E-state index contributed by atoms with van der Waals surface area (Å²) in [6.45, 7) is 10.2. The number of nitrogens with one attached hydrogen (secondary N) is 1. The van der Waals surface area contributed by atoms with Crippen LogP contribution in [0, 0.1) is 21.5 Å². The Labute approximate surface area is 200 Å². The fourth-order valence-electron chi connectivity index (χ4n) is 4.26. The summed E-state index contributed by atoms with van der Waals surface area (Å²) in [5.41, 5.74) is 1.69. The van der Waals surface area contributed by atoms with Crippen LogP contribution in [0.1, 0.15) is 34.6 Å². The minimum absolute atomic E-state index is 0.192. The third-order valence-electron chi connectivity index (χ3n) is 6.01. The Morgan fingerprint density at radius 2 is 1.88 bits per heavy atom. The normalized spacial score (nSPS) is 17.0. The van der Waals surface area contributed by atoms with Crippen LogP contribution in [0.25, 0.3) is 22.2 Å². The van der Waals surface area contributed by atoms with Crippen molar-refractivity contribution in [3.8, 4) is 17.3 Å². The van der Waals surface area contributed by atoms with Gasteiger partial charge in [0.05, 0.1) is 32.4 Å². The lowest BCUT2D eigenvalue weighted by molar-refractivity contribution is 0.0547. The molecule has 0 amide bonds. The zero-order valence-corrected chi connectivity index (χ0v) is 21.0. The van der Waals surface area contributed by atoms with Crippen molar-refractivity contribution in [2.24, 2.45) is 5.41 Å². The molecule has 34 heavy (non-hydrogen) atoms. The van der Waals surface area contributed by atoms with Gasteiger partial charge in [-0.25, -0.2) is 18.4 Å². The van der Waals surface area contributed by atoms with Crippen LogP contribution in [-0.2, 0) is 14.5 Å². The van der Waals surface area contributed by atoms with Gasteiger partial charge in [0.1, 0.15) is 5.60 Å². The first kappa shape index (κ1) is 23.8. The summed E-state index contributed by atoms with van der Waals surface area (Å²) in [6.07, 6.45) is -0.507. The van der Waals surface area contributed by atoms with Crippen molar-refractivity contribution in [2.45, 2.75) is 45.1 Å². The molecule has 0 bridgehead atoms. The number of rotatable bonds is 4. The molecular formula is C26H30N4O3S. The summed E-state index contributed by atoms with van der Waals surface area (Å²) in [5, 5.41) is 10.4. The van der Waals surface area contributed by atoms with Gasteiger partial charge in [-0.15, -0.1) is 0 Å². The zero-order valence-electron chi connectivity index (χ0n) is 20.2. The number of anilines is 1. The lowest BCUT2D eigenvalue weighted by Crippen LogP contribution is -2.54. The van der Waals surface area contributed by atoms with Gasteiger partial charge in [-0.2, -0.15) is 5.26 Å². The maximum atomic E-state index is 13.4. The quantitative estimate of drug-likeness (QED) is 0.506. The molecule has 1 saturated heterocycles. The zero-order chi connectivity index (χ0) is 24.9. The van der Waals surface area contributed by atoms with Crippen LogP contribution in [0.5, 0.6) is 0 Å². The molecule has 1 N–H and O–H groups in total. The number of nitrogens with zero attached hydrogens (tertiary/aromatic N) is 3. The molecule has 178 valence electrons. The molecule has 1 aliphatic rings. The van der Waals surface area contributed by atoms with Gasteiger partial charge in [-0.1, -0.05) is 25.1 Å². The average Bonchev–Trinajstić information content (AvgIpc) is 3.15. The minimum atomic E-state index is -2.98. The molecule has 1 unspecified atom stereocenters. The van der Waals surface area contributed by atoms with Crippen LogP contribution in [0.4, 0.5) is 10.5 Å². The topological polar surface area (TPSA) is 99.2 Å². The van der Waals surface area contributed by atoms with Crippen LogP contribution in [0.2, 0.25) is 0 Å². The molecule has 4 rings (SSSR count). The standard InChI is InChI=1S/C26H30N4O3S/c1-6-34(28,32)19-11-12-22(29-16-26(5,15-27)17-29)20(14-19)23-13-18-9-7-8-10-21(18)30(23)24(31)33-25(2,3)4/h7-14,28H,6,16-17H2,1-5H3. The maximum absolute atomic E-state index is 13.4. The molecule has 3 aromatic rings. The van der Waals surface area contributed by atoms with Crippen molar-refractivity contribution >= 4 is 32.4 Å². The van der Waals surface area contributed by atoms with Crippen molar-refractivity contribution in [3.63, 3.8) is 0 Å². The van der Waals surface area contributed by atoms with Gasteiger partial charge in [0.2, 0.25) is 0 Å². The summed E-state index contributed by atoms with van der Waals surface area (Å²) in [4.78, 5) is 15.9. The second kappa shape index (κ2) is 8.17. The van der Waals surface area contributed by atoms with E-state index < -0.39 is 26.8 Å². The maximum Gasteiger partial charge on any atom is 0.419 e. The van der Waals surface area contributed by atoms with Gasteiger partial charge in [-0.3, -0.25) is 0 Å². The smallest absolute Gasteiger partial charge is 0.419 e. The van der Waals surface area contributed by atoms with E-state index in [4.69, 9.17) is 9.52 Å².